The summed E-state index contributed by atoms with van der Waals surface area (Å²) in [7, 11) is 1.86. The SMILES string of the molecule is Cc1ncc(/C=N/NC(N)=O)n1C. The topological polar surface area (TPSA) is 85.3 Å². The predicted octanol–water partition coefficient (Wildman–Crippen LogP) is -0.269. The van der Waals surface area contributed by atoms with E-state index in [4.69, 9.17) is 5.73 Å². The molecule has 0 unspecified atom stereocenters. The summed E-state index contributed by atoms with van der Waals surface area (Å²) in [6.07, 6.45) is 3.13. The van der Waals surface area contributed by atoms with E-state index in [-0.39, 0.29) is 0 Å². The minimum atomic E-state index is -0.685. The number of aryl methyl sites for hydroxylation is 1. The molecule has 6 nitrogen and oxygen atoms in total. The number of nitrogens with one attached hydrogen (secondary N) is 1. The van der Waals surface area contributed by atoms with Crippen LogP contribution in [-0.4, -0.2) is 21.8 Å². The molecule has 3 N–H and O–H groups in total. The van der Waals surface area contributed by atoms with Crippen molar-refractivity contribution in [2.75, 3.05) is 0 Å². The van der Waals surface area contributed by atoms with Crippen LogP contribution < -0.4 is 11.2 Å². The first-order valence-corrected chi connectivity index (χ1v) is 3.68. The fourth-order valence-corrected chi connectivity index (χ4v) is 0.802. The minimum absolute atomic E-state index is 0.685. The van der Waals surface area contributed by atoms with Gasteiger partial charge in [-0.2, -0.15) is 5.10 Å². The first-order valence-electron chi connectivity index (χ1n) is 3.68. The second-order valence-corrected chi connectivity index (χ2v) is 2.52. The van der Waals surface area contributed by atoms with Crippen molar-refractivity contribution in [2.24, 2.45) is 17.9 Å². The molecule has 0 aliphatic rings. The number of nitrogens with zero attached hydrogens (tertiary/aromatic N) is 3. The van der Waals surface area contributed by atoms with Crippen molar-refractivity contribution in [3.05, 3.63) is 17.7 Å². The van der Waals surface area contributed by atoms with E-state index in [9.17, 15) is 4.79 Å². The number of urea groups is 1. The maximum absolute atomic E-state index is 10.3. The molecular formula is C7H11N5O. The number of primary amides is 1. The third kappa shape index (κ3) is 2.29. The van der Waals surface area contributed by atoms with Gasteiger partial charge in [0.1, 0.15) is 5.82 Å². The molecule has 0 aromatic carbocycles. The summed E-state index contributed by atoms with van der Waals surface area (Å²) in [4.78, 5) is 14.3. The van der Waals surface area contributed by atoms with Gasteiger partial charge in [-0.3, -0.25) is 0 Å². The molecule has 0 saturated carbocycles. The zero-order chi connectivity index (χ0) is 9.84. The second-order valence-electron chi connectivity index (χ2n) is 2.52. The summed E-state index contributed by atoms with van der Waals surface area (Å²) < 4.78 is 1.84. The minimum Gasteiger partial charge on any atom is -0.350 e. The van der Waals surface area contributed by atoms with Gasteiger partial charge in [0.05, 0.1) is 18.1 Å². The Bertz CT molecular complexity index is 341. The first kappa shape index (κ1) is 9.24. The number of nitrogens with two attached hydrogens (primary N) is 1. The number of hydrogen-bond acceptors (Lipinski definition) is 3. The van der Waals surface area contributed by atoms with Crippen LogP contribution in [0.25, 0.3) is 0 Å². The summed E-state index contributed by atoms with van der Waals surface area (Å²) >= 11 is 0. The molecule has 0 radical (unpaired) electrons. The van der Waals surface area contributed by atoms with E-state index in [0.29, 0.717) is 0 Å². The molecule has 0 saturated heterocycles. The zero-order valence-electron chi connectivity index (χ0n) is 7.48. The lowest BCUT2D eigenvalue weighted by molar-refractivity contribution is 0.249. The Labute approximate surface area is 75.4 Å². The van der Waals surface area contributed by atoms with E-state index in [2.05, 4.69) is 15.5 Å². The summed E-state index contributed by atoms with van der Waals surface area (Å²) in [6, 6.07) is -0.685. The van der Waals surface area contributed by atoms with Crippen molar-refractivity contribution in [1.82, 2.24) is 15.0 Å². The number of carbonyl (C=O) groups excluding carboxylic acids is 1. The van der Waals surface area contributed by atoms with Crippen LogP contribution >= 0.6 is 0 Å². The van der Waals surface area contributed by atoms with E-state index < -0.39 is 6.03 Å². The number of hydrogen-bond donors (Lipinski definition) is 2. The molecule has 1 rings (SSSR count). The third-order valence-corrected chi connectivity index (χ3v) is 1.63. The van der Waals surface area contributed by atoms with Crippen molar-refractivity contribution in [2.45, 2.75) is 6.92 Å². The van der Waals surface area contributed by atoms with Crippen molar-refractivity contribution in [3.63, 3.8) is 0 Å². The number of carbonyl (C=O) groups is 1. The Morgan fingerprint density at radius 2 is 2.54 bits per heavy atom. The smallest absolute Gasteiger partial charge is 0.332 e. The van der Waals surface area contributed by atoms with Crippen molar-refractivity contribution >= 4 is 12.2 Å². The van der Waals surface area contributed by atoms with Gasteiger partial charge in [0.15, 0.2) is 0 Å². The maximum Gasteiger partial charge on any atom is 0.332 e. The third-order valence-electron chi connectivity index (χ3n) is 1.63. The number of aromatic nitrogens is 2. The molecule has 2 amide bonds. The molecule has 1 aromatic heterocycles. The Morgan fingerprint density at radius 3 is 3.00 bits per heavy atom. The largest absolute Gasteiger partial charge is 0.350 e. The molecule has 6 heteroatoms. The van der Waals surface area contributed by atoms with Gasteiger partial charge >= 0.3 is 6.03 Å². The number of hydrazone groups is 1. The second kappa shape index (κ2) is 3.70. The molecule has 70 valence electrons. The van der Waals surface area contributed by atoms with Crippen LogP contribution in [0.2, 0.25) is 0 Å². The Balaban J connectivity index is 2.69. The summed E-state index contributed by atoms with van der Waals surface area (Å²) in [5, 5.41) is 3.60. The number of amides is 2. The molecule has 1 aromatic rings. The van der Waals surface area contributed by atoms with Crippen LogP contribution in [0.15, 0.2) is 11.3 Å². The maximum atomic E-state index is 10.3. The number of imidazole rings is 1. The first-order chi connectivity index (χ1) is 6.11. The molecule has 1 heterocycles. The molecule has 0 aliphatic heterocycles. The van der Waals surface area contributed by atoms with Crippen LogP contribution in [0.4, 0.5) is 4.79 Å². The van der Waals surface area contributed by atoms with Crippen LogP contribution in [0.1, 0.15) is 11.5 Å². The Hall–Kier alpha value is -1.85. The van der Waals surface area contributed by atoms with E-state index in [1.807, 2.05) is 18.5 Å². The monoisotopic (exact) mass is 181 g/mol. The molecule has 0 spiro atoms. The summed E-state index contributed by atoms with van der Waals surface area (Å²) in [5.74, 6) is 0.875. The van der Waals surface area contributed by atoms with Crippen LogP contribution in [0, 0.1) is 6.92 Å². The normalized spacial score (nSPS) is 10.6. The molecule has 0 fully saturated rings. The van der Waals surface area contributed by atoms with Gasteiger partial charge in [0.25, 0.3) is 0 Å². The van der Waals surface area contributed by atoms with Crippen molar-refractivity contribution in [3.8, 4) is 0 Å². The van der Waals surface area contributed by atoms with Gasteiger partial charge < -0.3 is 10.3 Å². The highest BCUT2D eigenvalue weighted by Gasteiger charge is 1.98. The van der Waals surface area contributed by atoms with Gasteiger partial charge in [-0.25, -0.2) is 15.2 Å². The highest BCUT2D eigenvalue weighted by atomic mass is 16.2. The van der Waals surface area contributed by atoms with Gasteiger partial charge in [0.2, 0.25) is 0 Å². The van der Waals surface area contributed by atoms with Crippen LogP contribution in [0.5, 0.6) is 0 Å². The highest BCUT2D eigenvalue weighted by Crippen LogP contribution is 1.97. The van der Waals surface area contributed by atoms with Crippen LogP contribution in [-0.2, 0) is 7.05 Å². The van der Waals surface area contributed by atoms with E-state index in [0.717, 1.165) is 11.5 Å². The fraction of sp³-hybridized carbons (Fsp3) is 0.286. The van der Waals surface area contributed by atoms with E-state index >= 15 is 0 Å². The summed E-state index contributed by atoms with van der Waals surface area (Å²) in [5.41, 5.74) is 7.71. The lowest BCUT2D eigenvalue weighted by Crippen LogP contribution is -2.24. The van der Waals surface area contributed by atoms with Gasteiger partial charge in [-0.1, -0.05) is 0 Å². The number of rotatable bonds is 2. The van der Waals surface area contributed by atoms with Gasteiger partial charge in [0, 0.05) is 7.05 Å². The van der Waals surface area contributed by atoms with E-state index in [1.165, 1.54) is 6.21 Å². The Kier molecular flexibility index (Phi) is 2.63. The quantitative estimate of drug-likeness (QED) is 0.486. The standard InChI is InChI=1S/C7H11N5O/c1-5-9-3-6(12(5)2)4-10-11-7(8)13/h3-4H,1-2H3,(H3,8,11,13)/b10-4+. The highest BCUT2D eigenvalue weighted by molar-refractivity contribution is 5.79. The van der Waals surface area contributed by atoms with Crippen molar-refractivity contribution < 1.29 is 4.79 Å². The fourth-order valence-electron chi connectivity index (χ4n) is 0.802. The van der Waals surface area contributed by atoms with E-state index in [1.54, 1.807) is 6.20 Å². The average molecular weight is 181 g/mol. The van der Waals surface area contributed by atoms with Crippen molar-refractivity contribution in [1.29, 1.82) is 0 Å². The predicted molar refractivity (Wildman–Crippen MR) is 48.3 cm³/mol. The molecule has 13 heavy (non-hydrogen) atoms. The summed E-state index contributed by atoms with van der Waals surface area (Å²) in [6.45, 7) is 1.87. The van der Waals surface area contributed by atoms with Crippen LogP contribution in [0.3, 0.4) is 0 Å². The molecule has 0 aliphatic carbocycles. The lowest BCUT2D eigenvalue weighted by atomic mass is 10.5. The molecule has 0 bridgehead atoms. The van der Waals surface area contributed by atoms with Gasteiger partial charge in [-0.15, -0.1) is 0 Å². The molecular weight excluding hydrogens is 170 g/mol. The molecule has 0 atom stereocenters. The average Bonchev–Trinajstić information content (AvgIpc) is 2.35. The lowest BCUT2D eigenvalue weighted by Gasteiger charge is -1.96. The van der Waals surface area contributed by atoms with Gasteiger partial charge in [-0.05, 0) is 6.92 Å². The Morgan fingerprint density at radius 1 is 1.85 bits per heavy atom. The zero-order valence-corrected chi connectivity index (χ0v) is 7.48.